The van der Waals surface area contributed by atoms with Gasteiger partial charge < -0.3 is 10.1 Å². The number of pyridine rings is 1. The van der Waals surface area contributed by atoms with Crippen LogP contribution in [0.15, 0.2) is 48.5 Å². The molecule has 0 atom stereocenters. The topological polar surface area (TPSA) is 34.1 Å². The highest BCUT2D eigenvalue weighted by Gasteiger charge is 1.99. The highest BCUT2D eigenvalue weighted by Crippen LogP contribution is 2.18. The molecule has 2 aromatic rings. The first-order chi connectivity index (χ1) is 7.88. The highest BCUT2D eigenvalue weighted by atomic mass is 16.5. The van der Waals surface area contributed by atoms with E-state index in [0.717, 1.165) is 18.0 Å². The monoisotopic (exact) mass is 214 g/mol. The predicted octanol–water partition coefficient (Wildman–Crippen LogP) is 2.59. The zero-order valence-electron chi connectivity index (χ0n) is 9.18. The molecule has 0 unspecified atom stereocenters. The molecule has 0 fully saturated rings. The Morgan fingerprint density at radius 1 is 1.06 bits per heavy atom. The van der Waals surface area contributed by atoms with Gasteiger partial charge in [-0.1, -0.05) is 24.3 Å². The Kier molecular flexibility index (Phi) is 3.51. The molecular formula is C13H14N2O. The first-order valence-electron chi connectivity index (χ1n) is 5.22. The van der Waals surface area contributed by atoms with Gasteiger partial charge in [-0.05, 0) is 25.2 Å². The Labute approximate surface area is 95.1 Å². The van der Waals surface area contributed by atoms with Crippen molar-refractivity contribution < 1.29 is 4.74 Å². The minimum Gasteiger partial charge on any atom is -0.439 e. The van der Waals surface area contributed by atoms with Crippen molar-refractivity contribution in [1.29, 1.82) is 0 Å². The van der Waals surface area contributed by atoms with Crippen LogP contribution < -0.4 is 10.1 Å². The largest absolute Gasteiger partial charge is 0.439 e. The molecule has 0 saturated carbocycles. The second kappa shape index (κ2) is 5.28. The highest BCUT2D eigenvalue weighted by molar-refractivity contribution is 5.27. The fourth-order valence-electron chi connectivity index (χ4n) is 1.40. The van der Waals surface area contributed by atoms with E-state index in [1.807, 2.05) is 55.6 Å². The van der Waals surface area contributed by atoms with Gasteiger partial charge in [0.15, 0.2) is 0 Å². The van der Waals surface area contributed by atoms with E-state index in [4.69, 9.17) is 4.74 Å². The van der Waals surface area contributed by atoms with Crippen molar-refractivity contribution in [2.24, 2.45) is 0 Å². The van der Waals surface area contributed by atoms with Crippen LogP contribution in [0.25, 0.3) is 0 Å². The Morgan fingerprint density at radius 2 is 1.88 bits per heavy atom. The summed E-state index contributed by atoms with van der Waals surface area (Å²) in [4.78, 5) is 4.37. The third-order valence-corrected chi connectivity index (χ3v) is 2.10. The van der Waals surface area contributed by atoms with Crippen LogP contribution in [-0.4, -0.2) is 12.0 Å². The minimum atomic E-state index is 0.624. The van der Waals surface area contributed by atoms with Gasteiger partial charge in [0, 0.05) is 12.6 Å². The fourth-order valence-corrected chi connectivity index (χ4v) is 1.40. The van der Waals surface area contributed by atoms with Gasteiger partial charge >= 0.3 is 0 Å². The third-order valence-electron chi connectivity index (χ3n) is 2.10. The molecule has 82 valence electrons. The molecule has 0 radical (unpaired) electrons. The van der Waals surface area contributed by atoms with E-state index < -0.39 is 0 Å². The summed E-state index contributed by atoms with van der Waals surface area (Å²) in [5, 5.41) is 3.06. The van der Waals surface area contributed by atoms with Crippen LogP contribution >= 0.6 is 0 Å². The lowest BCUT2D eigenvalue weighted by atomic mass is 10.3. The van der Waals surface area contributed by atoms with E-state index in [0.29, 0.717) is 5.88 Å². The average Bonchev–Trinajstić information content (AvgIpc) is 2.31. The van der Waals surface area contributed by atoms with Crippen LogP contribution in [0.2, 0.25) is 0 Å². The van der Waals surface area contributed by atoms with Gasteiger partial charge in [-0.2, -0.15) is 0 Å². The summed E-state index contributed by atoms with van der Waals surface area (Å²) >= 11 is 0. The molecule has 1 heterocycles. The molecule has 1 aromatic carbocycles. The Bertz CT molecular complexity index is 443. The lowest BCUT2D eigenvalue weighted by Gasteiger charge is -2.05. The van der Waals surface area contributed by atoms with Gasteiger partial charge in [-0.3, -0.25) is 0 Å². The summed E-state index contributed by atoms with van der Waals surface area (Å²) in [5.41, 5.74) is 0.968. The van der Waals surface area contributed by atoms with Crippen LogP contribution in [0.4, 0.5) is 0 Å². The molecule has 0 spiro atoms. The number of ether oxygens (including phenoxy) is 1. The molecule has 3 nitrogen and oxygen atoms in total. The molecule has 0 bridgehead atoms. The summed E-state index contributed by atoms with van der Waals surface area (Å²) in [7, 11) is 1.90. The number of aromatic nitrogens is 1. The van der Waals surface area contributed by atoms with Crippen LogP contribution in [-0.2, 0) is 6.54 Å². The minimum absolute atomic E-state index is 0.624. The normalized spacial score (nSPS) is 10.1. The van der Waals surface area contributed by atoms with E-state index >= 15 is 0 Å². The first-order valence-corrected chi connectivity index (χ1v) is 5.22. The number of para-hydroxylation sites is 1. The van der Waals surface area contributed by atoms with E-state index in [1.54, 1.807) is 0 Å². The molecule has 16 heavy (non-hydrogen) atoms. The fraction of sp³-hybridized carbons (Fsp3) is 0.154. The molecule has 3 heteroatoms. The van der Waals surface area contributed by atoms with Crippen LogP contribution in [0.5, 0.6) is 11.6 Å². The number of hydrogen-bond acceptors (Lipinski definition) is 3. The zero-order chi connectivity index (χ0) is 11.2. The number of rotatable bonds is 4. The maximum atomic E-state index is 5.63. The van der Waals surface area contributed by atoms with Crippen LogP contribution in [0, 0.1) is 0 Å². The van der Waals surface area contributed by atoms with Gasteiger partial charge in [-0.25, -0.2) is 4.98 Å². The Balaban J connectivity index is 2.12. The van der Waals surface area contributed by atoms with Crippen molar-refractivity contribution >= 4 is 0 Å². The van der Waals surface area contributed by atoms with Gasteiger partial charge in [0.25, 0.3) is 0 Å². The van der Waals surface area contributed by atoms with Crippen molar-refractivity contribution in [1.82, 2.24) is 10.3 Å². The molecule has 1 N–H and O–H groups in total. The molecule has 1 aromatic heterocycles. The molecule has 2 rings (SSSR count). The summed E-state index contributed by atoms with van der Waals surface area (Å²) in [5.74, 6) is 1.43. The zero-order valence-corrected chi connectivity index (χ0v) is 9.18. The molecule has 0 amide bonds. The van der Waals surface area contributed by atoms with Crippen molar-refractivity contribution in [2.75, 3.05) is 7.05 Å². The van der Waals surface area contributed by atoms with Gasteiger partial charge in [0.1, 0.15) is 5.75 Å². The van der Waals surface area contributed by atoms with E-state index in [2.05, 4.69) is 10.3 Å². The maximum Gasteiger partial charge on any atom is 0.219 e. The average molecular weight is 214 g/mol. The second-order valence-corrected chi connectivity index (χ2v) is 3.41. The quantitative estimate of drug-likeness (QED) is 0.849. The SMILES string of the molecule is CNCc1cccc(Oc2ccccc2)n1. The summed E-state index contributed by atoms with van der Waals surface area (Å²) in [6.45, 7) is 0.742. The van der Waals surface area contributed by atoms with Crippen molar-refractivity contribution in [3.05, 3.63) is 54.2 Å². The number of benzene rings is 1. The van der Waals surface area contributed by atoms with E-state index in [1.165, 1.54) is 0 Å². The molecule has 0 aliphatic carbocycles. The standard InChI is InChI=1S/C13H14N2O/c1-14-10-11-6-5-9-13(15-11)16-12-7-3-2-4-8-12/h2-9,14H,10H2,1H3. The van der Waals surface area contributed by atoms with E-state index in [-0.39, 0.29) is 0 Å². The molecular weight excluding hydrogens is 200 g/mol. The van der Waals surface area contributed by atoms with Gasteiger partial charge in [0.05, 0.1) is 5.69 Å². The first kappa shape index (κ1) is 10.6. The Morgan fingerprint density at radius 3 is 2.62 bits per heavy atom. The number of nitrogens with zero attached hydrogens (tertiary/aromatic N) is 1. The summed E-state index contributed by atoms with van der Waals surface area (Å²) < 4.78 is 5.63. The lowest BCUT2D eigenvalue weighted by molar-refractivity contribution is 0.460. The van der Waals surface area contributed by atoms with Gasteiger partial charge in [0.2, 0.25) is 5.88 Å². The lowest BCUT2D eigenvalue weighted by Crippen LogP contribution is -2.06. The number of nitrogens with one attached hydrogen (secondary N) is 1. The summed E-state index contributed by atoms with van der Waals surface area (Å²) in [6, 6.07) is 15.4. The molecule has 0 saturated heterocycles. The maximum absolute atomic E-state index is 5.63. The number of hydrogen-bond donors (Lipinski definition) is 1. The Hall–Kier alpha value is -1.87. The predicted molar refractivity (Wildman–Crippen MR) is 63.5 cm³/mol. The third kappa shape index (κ3) is 2.81. The van der Waals surface area contributed by atoms with Crippen molar-refractivity contribution in [3.63, 3.8) is 0 Å². The van der Waals surface area contributed by atoms with Crippen LogP contribution in [0.1, 0.15) is 5.69 Å². The second-order valence-electron chi connectivity index (χ2n) is 3.41. The van der Waals surface area contributed by atoms with Crippen molar-refractivity contribution in [3.8, 4) is 11.6 Å². The molecule has 0 aliphatic rings. The van der Waals surface area contributed by atoms with Gasteiger partial charge in [-0.15, -0.1) is 0 Å². The smallest absolute Gasteiger partial charge is 0.219 e. The van der Waals surface area contributed by atoms with E-state index in [9.17, 15) is 0 Å². The van der Waals surface area contributed by atoms with Crippen molar-refractivity contribution in [2.45, 2.75) is 6.54 Å². The molecule has 0 aliphatic heterocycles. The van der Waals surface area contributed by atoms with Crippen LogP contribution in [0.3, 0.4) is 0 Å². The summed E-state index contributed by atoms with van der Waals surface area (Å²) in [6.07, 6.45) is 0.